The number of nitrogens with two attached hydrogens (primary N) is 1. The van der Waals surface area contributed by atoms with E-state index >= 15 is 0 Å². The molecule has 0 radical (unpaired) electrons. The largest absolute Gasteiger partial charge is 0.325 e. The molecule has 3 heteroatoms. The van der Waals surface area contributed by atoms with Crippen LogP contribution in [-0.2, 0) is 6.54 Å². The summed E-state index contributed by atoms with van der Waals surface area (Å²) >= 11 is 5.80. The molecule has 2 N–H and O–H groups in total. The van der Waals surface area contributed by atoms with E-state index in [9.17, 15) is 0 Å². The van der Waals surface area contributed by atoms with Crippen molar-refractivity contribution in [1.82, 2.24) is 4.98 Å². The van der Waals surface area contributed by atoms with Crippen LogP contribution in [0.4, 0.5) is 0 Å². The molecule has 1 aromatic heterocycles. The normalized spacial score (nSPS) is 9.90. The summed E-state index contributed by atoms with van der Waals surface area (Å²) in [5, 5.41) is 0.732. The van der Waals surface area contributed by atoms with Gasteiger partial charge in [-0.15, -0.1) is 0 Å². The fraction of sp³-hybridized carbons (Fsp3) is 0.286. The van der Waals surface area contributed by atoms with Gasteiger partial charge in [0.25, 0.3) is 0 Å². The van der Waals surface area contributed by atoms with Crippen LogP contribution >= 0.6 is 11.6 Å². The molecular weight excluding hydrogens is 148 g/mol. The monoisotopic (exact) mass is 156 g/mol. The fourth-order valence-corrected chi connectivity index (χ4v) is 0.924. The van der Waals surface area contributed by atoms with Gasteiger partial charge in [-0.2, -0.15) is 0 Å². The Morgan fingerprint density at radius 2 is 2.40 bits per heavy atom. The number of hydrogen-bond donors (Lipinski definition) is 1. The van der Waals surface area contributed by atoms with E-state index in [-0.39, 0.29) is 0 Å². The molecule has 1 rings (SSSR count). The summed E-state index contributed by atoms with van der Waals surface area (Å²) < 4.78 is 0. The maximum Gasteiger partial charge on any atom is 0.0583 e. The van der Waals surface area contributed by atoms with E-state index in [1.807, 2.05) is 6.92 Å². The molecular formula is C7H9ClN2. The van der Waals surface area contributed by atoms with E-state index in [4.69, 9.17) is 17.3 Å². The van der Waals surface area contributed by atoms with Gasteiger partial charge in [-0.25, -0.2) is 0 Å². The van der Waals surface area contributed by atoms with Gasteiger partial charge >= 0.3 is 0 Å². The zero-order chi connectivity index (χ0) is 7.56. The molecule has 0 unspecified atom stereocenters. The summed E-state index contributed by atoms with van der Waals surface area (Å²) in [6.07, 6.45) is 1.66. The quantitative estimate of drug-likeness (QED) is 0.670. The van der Waals surface area contributed by atoms with Crippen molar-refractivity contribution in [3.05, 3.63) is 28.5 Å². The lowest BCUT2D eigenvalue weighted by atomic mass is 10.2. The SMILES string of the molecule is Cc1c(Cl)ccnc1CN. The van der Waals surface area contributed by atoms with Crippen LogP contribution in [0.5, 0.6) is 0 Å². The van der Waals surface area contributed by atoms with Crippen LogP contribution in [0.3, 0.4) is 0 Å². The maximum atomic E-state index is 5.80. The number of rotatable bonds is 1. The molecule has 0 aliphatic carbocycles. The van der Waals surface area contributed by atoms with Crippen molar-refractivity contribution in [2.24, 2.45) is 5.73 Å². The zero-order valence-corrected chi connectivity index (χ0v) is 6.52. The van der Waals surface area contributed by atoms with Crippen molar-refractivity contribution in [2.45, 2.75) is 13.5 Å². The minimum absolute atomic E-state index is 0.451. The molecule has 0 atom stereocenters. The number of pyridine rings is 1. The van der Waals surface area contributed by atoms with E-state index in [0.29, 0.717) is 6.54 Å². The predicted octanol–water partition coefficient (Wildman–Crippen LogP) is 1.50. The van der Waals surface area contributed by atoms with Crippen LogP contribution in [0.15, 0.2) is 12.3 Å². The Balaban J connectivity index is 3.14. The Bertz CT molecular complexity index is 235. The van der Waals surface area contributed by atoms with Crippen LogP contribution in [0.2, 0.25) is 5.02 Å². The summed E-state index contributed by atoms with van der Waals surface area (Å²) in [7, 11) is 0. The standard InChI is InChI=1S/C7H9ClN2/c1-5-6(8)2-3-10-7(5)4-9/h2-3H,4,9H2,1H3. The molecule has 1 heterocycles. The van der Waals surface area contributed by atoms with Gasteiger partial charge < -0.3 is 5.73 Å². The molecule has 0 bridgehead atoms. The van der Waals surface area contributed by atoms with Gasteiger partial charge in [0.2, 0.25) is 0 Å². The first-order valence-corrected chi connectivity index (χ1v) is 3.43. The number of aromatic nitrogens is 1. The van der Waals surface area contributed by atoms with Crippen molar-refractivity contribution < 1.29 is 0 Å². The van der Waals surface area contributed by atoms with Crippen molar-refractivity contribution in [3.63, 3.8) is 0 Å². The molecule has 2 nitrogen and oxygen atoms in total. The Kier molecular flexibility index (Phi) is 2.25. The minimum Gasteiger partial charge on any atom is -0.325 e. The van der Waals surface area contributed by atoms with E-state index in [0.717, 1.165) is 16.3 Å². The summed E-state index contributed by atoms with van der Waals surface area (Å²) in [5.41, 5.74) is 7.24. The summed E-state index contributed by atoms with van der Waals surface area (Å²) in [6, 6.07) is 1.76. The molecule has 0 fully saturated rings. The highest BCUT2D eigenvalue weighted by molar-refractivity contribution is 6.31. The lowest BCUT2D eigenvalue weighted by Crippen LogP contribution is -2.01. The molecule has 0 aliphatic heterocycles. The number of halogens is 1. The van der Waals surface area contributed by atoms with E-state index < -0.39 is 0 Å². The molecule has 0 aliphatic rings. The van der Waals surface area contributed by atoms with Gasteiger partial charge in [0.05, 0.1) is 5.69 Å². The molecule has 10 heavy (non-hydrogen) atoms. The van der Waals surface area contributed by atoms with E-state index in [2.05, 4.69) is 4.98 Å². The van der Waals surface area contributed by atoms with Crippen LogP contribution < -0.4 is 5.73 Å². The van der Waals surface area contributed by atoms with E-state index in [1.54, 1.807) is 12.3 Å². The van der Waals surface area contributed by atoms with Gasteiger partial charge in [-0.05, 0) is 18.6 Å². The Hall–Kier alpha value is -0.600. The first-order valence-electron chi connectivity index (χ1n) is 3.05. The second-order valence-corrected chi connectivity index (χ2v) is 2.48. The van der Waals surface area contributed by atoms with Crippen LogP contribution in [-0.4, -0.2) is 4.98 Å². The van der Waals surface area contributed by atoms with Crippen molar-refractivity contribution in [1.29, 1.82) is 0 Å². The van der Waals surface area contributed by atoms with Crippen LogP contribution in [0.1, 0.15) is 11.3 Å². The van der Waals surface area contributed by atoms with Crippen LogP contribution in [0.25, 0.3) is 0 Å². The second-order valence-electron chi connectivity index (χ2n) is 2.07. The van der Waals surface area contributed by atoms with Gasteiger partial charge in [0.15, 0.2) is 0 Å². The lowest BCUT2D eigenvalue weighted by Gasteiger charge is -2.01. The van der Waals surface area contributed by atoms with Gasteiger partial charge in [0, 0.05) is 17.8 Å². The zero-order valence-electron chi connectivity index (χ0n) is 5.76. The molecule has 0 amide bonds. The molecule has 0 aromatic carbocycles. The molecule has 0 spiro atoms. The number of hydrogen-bond acceptors (Lipinski definition) is 2. The third-order valence-corrected chi connectivity index (χ3v) is 1.85. The summed E-state index contributed by atoms with van der Waals surface area (Å²) in [4.78, 5) is 4.05. The van der Waals surface area contributed by atoms with E-state index in [1.165, 1.54) is 0 Å². The van der Waals surface area contributed by atoms with Crippen molar-refractivity contribution >= 4 is 11.6 Å². The first-order chi connectivity index (χ1) is 4.75. The third kappa shape index (κ3) is 1.28. The third-order valence-electron chi connectivity index (χ3n) is 1.44. The Morgan fingerprint density at radius 1 is 1.70 bits per heavy atom. The summed E-state index contributed by atoms with van der Waals surface area (Å²) in [6.45, 7) is 2.37. The number of nitrogens with zero attached hydrogens (tertiary/aromatic N) is 1. The topological polar surface area (TPSA) is 38.9 Å². The fourth-order valence-electron chi connectivity index (χ4n) is 0.758. The predicted molar refractivity (Wildman–Crippen MR) is 41.9 cm³/mol. The maximum absolute atomic E-state index is 5.80. The molecule has 1 aromatic rings. The van der Waals surface area contributed by atoms with Crippen molar-refractivity contribution in [3.8, 4) is 0 Å². The average Bonchev–Trinajstić information content (AvgIpc) is 1.95. The van der Waals surface area contributed by atoms with Gasteiger partial charge in [0.1, 0.15) is 0 Å². The smallest absolute Gasteiger partial charge is 0.0583 e. The molecule has 0 saturated heterocycles. The highest BCUT2D eigenvalue weighted by Gasteiger charge is 1.99. The van der Waals surface area contributed by atoms with Gasteiger partial charge in [-0.1, -0.05) is 11.6 Å². The summed E-state index contributed by atoms with van der Waals surface area (Å²) in [5.74, 6) is 0. The second kappa shape index (κ2) is 2.99. The van der Waals surface area contributed by atoms with Crippen molar-refractivity contribution in [2.75, 3.05) is 0 Å². The highest BCUT2D eigenvalue weighted by atomic mass is 35.5. The Labute approximate surface area is 65.0 Å². The van der Waals surface area contributed by atoms with Crippen LogP contribution in [0, 0.1) is 6.92 Å². The molecule has 54 valence electrons. The highest BCUT2D eigenvalue weighted by Crippen LogP contribution is 2.15. The van der Waals surface area contributed by atoms with Gasteiger partial charge in [-0.3, -0.25) is 4.98 Å². The first kappa shape index (κ1) is 7.51. The average molecular weight is 157 g/mol. The Morgan fingerprint density at radius 3 is 2.90 bits per heavy atom. The molecule has 0 saturated carbocycles. The lowest BCUT2D eigenvalue weighted by molar-refractivity contribution is 0.969. The minimum atomic E-state index is 0.451.